The normalized spacial score (nSPS) is 17.6. The van der Waals surface area contributed by atoms with Crippen LogP contribution in [0.5, 0.6) is 0 Å². The lowest BCUT2D eigenvalue weighted by molar-refractivity contribution is -0.0924. The second kappa shape index (κ2) is 4.14. The van der Waals surface area contributed by atoms with Crippen LogP contribution in [0.2, 0.25) is 0 Å². The van der Waals surface area contributed by atoms with Crippen molar-refractivity contribution in [1.29, 1.82) is 0 Å². The molecule has 1 aromatic carbocycles. The van der Waals surface area contributed by atoms with Crippen molar-refractivity contribution in [3.63, 3.8) is 0 Å². The van der Waals surface area contributed by atoms with Gasteiger partial charge in [-0.2, -0.15) is 0 Å². The van der Waals surface area contributed by atoms with Crippen LogP contribution < -0.4 is 11.1 Å². The zero-order valence-electron chi connectivity index (χ0n) is 9.32. The van der Waals surface area contributed by atoms with E-state index >= 15 is 0 Å². The van der Waals surface area contributed by atoms with Crippen LogP contribution in [-0.4, -0.2) is 25.7 Å². The van der Waals surface area contributed by atoms with E-state index in [9.17, 15) is 4.79 Å². The number of amides is 1. The van der Waals surface area contributed by atoms with Gasteiger partial charge in [0.25, 0.3) is 0 Å². The smallest absolute Gasteiger partial charge is 0.248 e. The van der Waals surface area contributed by atoms with E-state index in [2.05, 4.69) is 12.2 Å². The van der Waals surface area contributed by atoms with E-state index in [1.807, 2.05) is 12.1 Å². The van der Waals surface area contributed by atoms with Gasteiger partial charge in [-0.15, -0.1) is 0 Å². The third-order valence-corrected chi connectivity index (χ3v) is 2.79. The Balaban J connectivity index is 1.92. The van der Waals surface area contributed by atoms with E-state index in [1.165, 1.54) is 0 Å². The van der Waals surface area contributed by atoms with Gasteiger partial charge in [-0.25, -0.2) is 0 Å². The fourth-order valence-corrected chi connectivity index (χ4v) is 1.62. The molecule has 0 saturated carbocycles. The second-order valence-electron chi connectivity index (χ2n) is 4.60. The van der Waals surface area contributed by atoms with Gasteiger partial charge in [0.05, 0.1) is 13.2 Å². The van der Waals surface area contributed by atoms with Crippen LogP contribution in [0.15, 0.2) is 24.3 Å². The second-order valence-corrected chi connectivity index (χ2v) is 4.60. The number of carbonyl (C=O) groups is 1. The molecule has 1 fully saturated rings. The standard InChI is InChI=1S/C12H16N2O2/c1-12(7-16-8-12)6-14-10-4-2-9(3-5-10)11(13)15/h2-5,14H,6-8H2,1H3,(H2,13,15). The Kier molecular flexibility index (Phi) is 2.83. The maximum absolute atomic E-state index is 10.9. The summed E-state index contributed by atoms with van der Waals surface area (Å²) in [5.41, 5.74) is 6.93. The molecule has 3 N–H and O–H groups in total. The summed E-state index contributed by atoms with van der Waals surface area (Å²) in [6, 6.07) is 7.18. The van der Waals surface area contributed by atoms with Crippen LogP contribution in [-0.2, 0) is 4.74 Å². The van der Waals surface area contributed by atoms with Crippen LogP contribution in [0.25, 0.3) is 0 Å². The van der Waals surface area contributed by atoms with E-state index in [1.54, 1.807) is 12.1 Å². The molecule has 1 aliphatic rings. The summed E-state index contributed by atoms with van der Waals surface area (Å²) < 4.78 is 5.18. The molecule has 0 aromatic heterocycles. The van der Waals surface area contributed by atoms with Gasteiger partial charge in [-0.1, -0.05) is 6.92 Å². The molecule has 0 radical (unpaired) electrons. The van der Waals surface area contributed by atoms with E-state index in [-0.39, 0.29) is 5.41 Å². The summed E-state index contributed by atoms with van der Waals surface area (Å²) in [5.74, 6) is -0.397. The highest BCUT2D eigenvalue weighted by atomic mass is 16.5. The number of nitrogens with one attached hydrogen (secondary N) is 1. The van der Waals surface area contributed by atoms with Crippen LogP contribution >= 0.6 is 0 Å². The van der Waals surface area contributed by atoms with Gasteiger partial charge in [0.15, 0.2) is 0 Å². The minimum absolute atomic E-state index is 0.238. The van der Waals surface area contributed by atoms with Crippen molar-refractivity contribution in [3.8, 4) is 0 Å². The molecular formula is C12H16N2O2. The molecule has 1 heterocycles. The Morgan fingerprint density at radius 3 is 2.50 bits per heavy atom. The lowest BCUT2D eigenvalue weighted by Gasteiger charge is -2.38. The maximum Gasteiger partial charge on any atom is 0.248 e. The third kappa shape index (κ3) is 2.33. The molecule has 16 heavy (non-hydrogen) atoms. The molecular weight excluding hydrogens is 204 g/mol. The van der Waals surface area contributed by atoms with Gasteiger partial charge in [0, 0.05) is 23.2 Å². The largest absolute Gasteiger partial charge is 0.384 e. The predicted octanol–water partition coefficient (Wildman–Crippen LogP) is 1.23. The zero-order valence-corrected chi connectivity index (χ0v) is 9.32. The Morgan fingerprint density at radius 1 is 1.44 bits per heavy atom. The highest BCUT2D eigenvalue weighted by Gasteiger charge is 2.32. The van der Waals surface area contributed by atoms with E-state index in [4.69, 9.17) is 10.5 Å². The van der Waals surface area contributed by atoms with Gasteiger partial charge in [0.2, 0.25) is 5.91 Å². The summed E-state index contributed by atoms with van der Waals surface area (Å²) in [6.45, 7) is 4.67. The fourth-order valence-electron chi connectivity index (χ4n) is 1.62. The summed E-state index contributed by atoms with van der Waals surface area (Å²) in [7, 11) is 0. The number of hydrogen-bond acceptors (Lipinski definition) is 3. The van der Waals surface area contributed by atoms with Crippen molar-refractivity contribution in [2.75, 3.05) is 25.1 Å². The molecule has 4 nitrogen and oxygen atoms in total. The van der Waals surface area contributed by atoms with Crippen LogP contribution in [0.3, 0.4) is 0 Å². The van der Waals surface area contributed by atoms with Crippen molar-refractivity contribution < 1.29 is 9.53 Å². The first kappa shape index (κ1) is 11.0. The minimum Gasteiger partial charge on any atom is -0.384 e. The van der Waals surface area contributed by atoms with Gasteiger partial charge in [-0.05, 0) is 24.3 Å². The van der Waals surface area contributed by atoms with Crippen LogP contribution in [0.4, 0.5) is 5.69 Å². The quantitative estimate of drug-likeness (QED) is 0.802. The van der Waals surface area contributed by atoms with Gasteiger partial charge >= 0.3 is 0 Å². The molecule has 0 spiro atoms. The average Bonchev–Trinajstić information content (AvgIpc) is 2.24. The molecule has 0 bridgehead atoms. The lowest BCUT2D eigenvalue weighted by atomic mass is 9.89. The van der Waals surface area contributed by atoms with E-state index in [0.717, 1.165) is 25.4 Å². The van der Waals surface area contributed by atoms with Crippen molar-refractivity contribution in [1.82, 2.24) is 0 Å². The van der Waals surface area contributed by atoms with E-state index < -0.39 is 5.91 Å². The number of ether oxygens (including phenoxy) is 1. The fraction of sp³-hybridized carbons (Fsp3) is 0.417. The van der Waals surface area contributed by atoms with Crippen molar-refractivity contribution in [2.24, 2.45) is 11.1 Å². The molecule has 0 aliphatic carbocycles. The van der Waals surface area contributed by atoms with Crippen LogP contribution in [0, 0.1) is 5.41 Å². The number of hydrogen-bond donors (Lipinski definition) is 2. The molecule has 0 atom stereocenters. The molecule has 1 saturated heterocycles. The summed E-state index contributed by atoms with van der Waals surface area (Å²) >= 11 is 0. The Bertz CT molecular complexity index is 383. The predicted molar refractivity (Wildman–Crippen MR) is 62.4 cm³/mol. The molecule has 86 valence electrons. The zero-order chi connectivity index (χ0) is 11.6. The monoisotopic (exact) mass is 220 g/mol. The van der Waals surface area contributed by atoms with Gasteiger partial charge in [0.1, 0.15) is 0 Å². The minimum atomic E-state index is -0.397. The van der Waals surface area contributed by atoms with Crippen molar-refractivity contribution >= 4 is 11.6 Å². The van der Waals surface area contributed by atoms with Gasteiger partial charge < -0.3 is 15.8 Å². The number of anilines is 1. The Hall–Kier alpha value is -1.55. The SMILES string of the molecule is CC1(CNc2ccc(C(N)=O)cc2)COC1. The number of primary amides is 1. The maximum atomic E-state index is 10.9. The number of benzene rings is 1. The first-order valence-corrected chi connectivity index (χ1v) is 5.31. The average molecular weight is 220 g/mol. The topological polar surface area (TPSA) is 64.3 Å². The van der Waals surface area contributed by atoms with Crippen LogP contribution in [0.1, 0.15) is 17.3 Å². The molecule has 2 rings (SSSR count). The number of nitrogens with two attached hydrogens (primary N) is 1. The summed E-state index contributed by atoms with van der Waals surface area (Å²) in [6.07, 6.45) is 0. The Morgan fingerprint density at radius 2 is 2.06 bits per heavy atom. The highest BCUT2D eigenvalue weighted by molar-refractivity contribution is 5.93. The lowest BCUT2D eigenvalue weighted by Crippen LogP contribution is -2.45. The molecule has 1 amide bonds. The highest BCUT2D eigenvalue weighted by Crippen LogP contribution is 2.26. The van der Waals surface area contributed by atoms with E-state index in [0.29, 0.717) is 5.56 Å². The molecule has 1 aliphatic heterocycles. The summed E-state index contributed by atoms with van der Waals surface area (Å²) in [4.78, 5) is 10.9. The first-order chi connectivity index (χ1) is 7.59. The third-order valence-electron chi connectivity index (χ3n) is 2.79. The number of carbonyl (C=O) groups excluding carboxylic acids is 1. The molecule has 4 heteroatoms. The molecule has 0 unspecified atom stereocenters. The van der Waals surface area contributed by atoms with Crippen molar-refractivity contribution in [2.45, 2.75) is 6.92 Å². The van der Waals surface area contributed by atoms with Crippen molar-refractivity contribution in [3.05, 3.63) is 29.8 Å². The Labute approximate surface area is 94.8 Å². The first-order valence-electron chi connectivity index (χ1n) is 5.31. The van der Waals surface area contributed by atoms with Gasteiger partial charge in [-0.3, -0.25) is 4.79 Å². The number of rotatable bonds is 4. The summed E-state index contributed by atoms with van der Waals surface area (Å²) in [5, 5.41) is 3.32. The molecule has 1 aromatic rings.